The van der Waals surface area contributed by atoms with Crippen molar-refractivity contribution in [1.82, 2.24) is 0 Å². The lowest BCUT2D eigenvalue weighted by molar-refractivity contribution is 0.0992. The summed E-state index contributed by atoms with van der Waals surface area (Å²) >= 11 is 3.05. The Hall–Kier alpha value is -1.88. The molecule has 3 nitrogen and oxygen atoms in total. The normalized spacial score (nSPS) is 10.3. The lowest BCUT2D eigenvalue weighted by Crippen LogP contribution is -2.26. The van der Waals surface area contributed by atoms with Crippen molar-refractivity contribution in [3.8, 4) is 0 Å². The molecule has 2 aromatic rings. The Bertz CT molecular complexity index is 631. The third-order valence-corrected chi connectivity index (χ3v) is 3.37. The van der Waals surface area contributed by atoms with Crippen LogP contribution in [0.25, 0.3) is 0 Å². The van der Waals surface area contributed by atoms with E-state index in [1.54, 1.807) is 37.4 Å². The van der Waals surface area contributed by atoms with Crippen LogP contribution >= 0.6 is 15.9 Å². The van der Waals surface area contributed by atoms with Gasteiger partial charge in [0.25, 0.3) is 5.91 Å². The molecule has 1 amide bonds. The predicted octanol–water partition coefficient (Wildman–Crippen LogP) is 3.45. The highest BCUT2D eigenvalue weighted by Gasteiger charge is 2.15. The maximum Gasteiger partial charge on any atom is 0.258 e. The first kappa shape index (κ1) is 13.5. The molecule has 0 radical (unpaired) electrons. The van der Waals surface area contributed by atoms with Gasteiger partial charge in [0.1, 0.15) is 5.82 Å². The van der Waals surface area contributed by atoms with Crippen molar-refractivity contribution in [2.45, 2.75) is 0 Å². The molecule has 0 aliphatic carbocycles. The van der Waals surface area contributed by atoms with Crippen LogP contribution in [0.2, 0.25) is 0 Å². The highest BCUT2D eigenvalue weighted by atomic mass is 79.9. The van der Waals surface area contributed by atoms with E-state index >= 15 is 0 Å². The van der Waals surface area contributed by atoms with Gasteiger partial charge in [-0.3, -0.25) is 4.79 Å². The van der Waals surface area contributed by atoms with E-state index in [0.717, 1.165) is 0 Å². The van der Waals surface area contributed by atoms with Crippen molar-refractivity contribution in [1.29, 1.82) is 0 Å². The number of halogens is 2. The SMILES string of the molecule is CN(C(=O)c1ccc(Br)c(F)c1)c1cccc(N)c1. The van der Waals surface area contributed by atoms with Crippen molar-refractivity contribution in [3.63, 3.8) is 0 Å². The van der Waals surface area contributed by atoms with E-state index in [9.17, 15) is 9.18 Å². The van der Waals surface area contributed by atoms with Crippen LogP contribution in [-0.4, -0.2) is 13.0 Å². The van der Waals surface area contributed by atoms with Gasteiger partial charge in [0.15, 0.2) is 0 Å². The van der Waals surface area contributed by atoms with Crippen LogP contribution in [0.1, 0.15) is 10.4 Å². The molecule has 0 bridgehead atoms. The van der Waals surface area contributed by atoms with Gasteiger partial charge in [0.2, 0.25) is 0 Å². The minimum absolute atomic E-state index is 0.283. The second-order valence-corrected chi connectivity index (χ2v) is 4.94. The third-order valence-electron chi connectivity index (χ3n) is 2.73. The molecule has 0 heterocycles. The van der Waals surface area contributed by atoms with E-state index in [0.29, 0.717) is 15.8 Å². The molecule has 0 atom stereocenters. The Morgan fingerprint density at radius 2 is 2.00 bits per heavy atom. The Labute approximate surface area is 119 Å². The smallest absolute Gasteiger partial charge is 0.258 e. The fraction of sp³-hybridized carbons (Fsp3) is 0.0714. The topological polar surface area (TPSA) is 46.3 Å². The number of benzene rings is 2. The Kier molecular flexibility index (Phi) is 3.85. The molecule has 0 saturated heterocycles. The minimum Gasteiger partial charge on any atom is -0.399 e. The predicted molar refractivity (Wildman–Crippen MR) is 77.7 cm³/mol. The average Bonchev–Trinajstić information content (AvgIpc) is 2.40. The van der Waals surface area contributed by atoms with Crippen LogP contribution in [0.4, 0.5) is 15.8 Å². The lowest BCUT2D eigenvalue weighted by atomic mass is 10.2. The number of hydrogen-bond acceptors (Lipinski definition) is 2. The van der Waals surface area contributed by atoms with Gasteiger partial charge in [-0.25, -0.2) is 4.39 Å². The van der Waals surface area contributed by atoms with Crippen molar-refractivity contribution in [3.05, 3.63) is 58.3 Å². The van der Waals surface area contributed by atoms with Crippen LogP contribution in [0.15, 0.2) is 46.9 Å². The number of nitrogen functional groups attached to an aromatic ring is 1. The molecule has 0 fully saturated rings. The molecule has 98 valence electrons. The fourth-order valence-corrected chi connectivity index (χ4v) is 1.92. The largest absolute Gasteiger partial charge is 0.399 e. The molecule has 2 rings (SSSR count). The molecule has 0 aliphatic heterocycles. The number of nitrogens with two attached hydrogens (primary N) is 1. The van der Waals surface area contributed by atoms with E-state index in [1.165, 1.54) is 17.0 Å². The van der Waals surface area contributed by atoms with Gasteiger partial charge in [-0.15, -0.1) is 0 Å². The van der Waals surface area contributed by atoms with Crippen molar-refractivity contribution >= 4 is 33.2 Å². The van der Waals surface area contributed by atoms with Gasteiger partial charge in [-0.2, -0.15) is 0 Å². The van der Waals surface area contributed by atoms with Gasteiger partial charge in [0, 0.05) is 24.0 Å². The monoisotopic (exact) mass is 322 g/mol. The van der Waals surface area contributed by atoms with Gasteiger partial charge >= 0.3 is 0 Å². The molecule has 0 aromatic heterocycles. The van der Waals surface area contributed by atoms with E-state index in [1.807, 2.05) is 0 Å². The van der Waals surface area contributed by atoms with Crippen LogP contribution in [0.5, 0.6) is 0 Å². The number of amides is 1. The summed E-state index contributed by atoms with van der Waals surface area (Å²) in [5.74, 6) is -0.760. The second-order valence-electron chi connectivity index (χ2n) is 4.09. The zero-order valence-electron chi connectivity index (χ0n) is 10.2. The zero-order valence-corrected chi connectivity index (χ0v) is 11.8. The second kappa shape index (κ2) is 5.40. The van der Waals surface area contributed by atoms with Crippen molar-refractivity contribution in [2.24, 2.45) is 0 Å². The summed E-state index contributed by atoms with van der Waals surface area (Å²) in [7, 11) is 1.62. The number of anilines is 2. The molecule has 0 saturated carbocycles. The van der Waals surface area contributed by atoms with Crippen LogP contribution in [0.3, 0.4) is 0 Å². The summed E-state index contributed by atoms with van der Waals surface area (Å²) in [6, 6.07) is 11.2. The number of hydrogen-bond donors (Lipinski definition) is 1. The summed E-state index contributed by atoms with van der Waals surface area (Å²) in [6.45, 7) is 0. The maximum atomic E-state index is 13.4. The van der Waals surface area contributed by atoms with Gasteiger partial charge < -0.3 is 10.6 Å². The van der Waals surface area contributed by atoms with Crippen LogP contribution < -0.4 is 10.6 Å². The lowest BCUT2D eigenvalue weighted by Gasteiger charge is -2.18. The number of rotatable bonds is 2. The number of nitrogens with zero attached hydrogens (tertiary/aromatic N) is 1. The first-order valence-corrected chi connectivity index (χ1v) is 6.37. The molecule has 2 N–H and O–H groups in total. The highest BCUT2D eigenvalue weighted by Crippen LogP contribution is 2.21. The summed E-state index contributed by atoms with van der Waals surface area (Å²) in [5.41, 5.74) is 7.19. The molecule has 0 aliphatic rings. The first-order valence-electron chi connectivity index (χ1n) is 5.57. The van der Waals surface area contributed by atoms with E-state index < -0.39 is 5.82 Å². The highest BCUT2D eigenvalue weighted by molar-refractivity contribution is 9.10. The quantitative estimate of drug-likeness (QED) is 0.861. The summed E-state index contributed by atoms with van der Waals surface area (Å²) in [4.78, 5) is 13.7. The fourth-order valence-electron chi connectivity index (χ4n) is 1.67. The number of carbonyl (C=O) groups excluding carboxylic acids is 1. The summed E-state index contributed by atoms with van der Waals surface area (Å²) in [6.07, 6.45) is 0. The standard InChI is InChI=1S/C14H12BrFN2O/c1-18(11-4-2-3-10(17)8-11)14(19)9-5-6-12(15)13(16)7-9/h2-8H,17H2,1H3. The van der Waals surface area contributed by atoms with E-state index in [2.05, 4.69) is 15.9 Å². The Balaban J connectivity index is 2.30. The van der Waals surface area contributed by atoms with Gasteiger partial charge in [0.05, 0.1) is 4.47 Å². The van der Waals surface area contributed by atoms with Crippen LogP contribution in [0, 0.1) is 5.82 Å². The maximum absolute atomic E-state index is 13.4. The minimum atomic E-state index is -0.466. The summed E-state index contributed by atoms with van der Waals surface area (Å²) < 4.78 is 13.8. The molecule has 19 heavy (non-hydrogen) atoms. The van der Waals surface area contributed by atoms with E-state index in [4.69, 9.17) is 5.73 Å². The first-order chi connectivity index (χ1) is 8.99. The van der Waals surface area contributed by atoms with E-state index in [-0.39, 0.29) is 11.5 Å². The van der Waals surface area contributed by atoms with Gasteiger partial charge in [-0.1, -0.05) is 6.07 Å². The van der Waals surface area contributed by atoms with Crippen molar-refractivity contribution < 1.29 is 9.18 Å². The van der Waals surface area contributed by atoms with Crippen LogP contribution in [-0.2, 0) is 0 Å². The number of carbonyl (C=O) groups is 1. The third kappa shape index (κ3) is 2.93. The average molecular weight is 323 g/mol. The summed E-state index contributed by atoms with van der Waals surface area (Å²) in [5, 5.41) is 0. The molecular formula is C14H12BrFN2O. The molecule has 0 spiro atoms. The molecule has 2 aromatic carbocycles. The molecule has 5 heteroatoms. The van der Waals surface area contributed by atoms with Gasteiger partial charge in [-0.05, 0) is 52.3 Å². The Morgan fingerprint density at radius 3 is 2.63 bits per heavy atom. The Morgan fingerprint density at radius 1 is 1.26 bits per heavy atom. The molecule has 0 unspecified atom stereocenters. The molecular weight excluding hydrogens is 311 g/mol. The zero-order chi connectivity index (χ0) is 14.0. The van der Waals surface area contributed by atoms with Crippen molar-refractivity contribution in [2.75, 3.05) is 17.7 Å².